The lowest BCUT2D eigenvalue weighted by Crippen LogP contribution is -1.95. The summed E-state index contributed by atoms with van der Waals surface area (Å²) in [4.78, 5) is 15.5. The van der Waals surface area contributed by atoms with Crippen LogP contribution in [0.5, 0.6) is 11.5 Å². The van der Waals surface area contributed by atoms with Gasteiger partial charge in [0, 0.05) is 30.2 Å². The maximum Gasteiger partial charge on any atom is 0.220 e. The van der Waals surface area contributed by atoms with Crippen molar-refractivity contribution >= 4 is 29.4 Å². The van der Waals surface area contributed by atoms with Crippen LogP contribution in [0.25, 0.3) is 22.3 Å². The Bertz CT molecular complexity index is 1040. The predicted octanol–water partition coefficient (Wildman–Crippen LogP) is 3.96. The van der Waals surface area contributed by atoms with Crippen molar-refractivity contribution in [2.24, 2.45) is 0 Å². The van der Waals surface area contributed by atoms with Gasteiger partial charge in [-0.3, -0.25) is 0 Å². The van der Waals surface area contributed by atoms with Crippen molar-refractivity contribution < 1.29 is 9.13 Å². The molecular formula is C17H13ClFN5O. The number of aromatic nitrogens is 4. The van der Waals surface area contributed by atoms with Crippen molar-refractivity contribution in [2.45, 2.75) is 0 Å². The molecule has 0 saturated carbocycles. The van der Waals surface area contributed by atoms with E-state index in [2.05, 4.69) is 19.9 Å². The fourth-order valence-corrected chi connectivity index (χ4v) is 2.49. The molecule has 0 spiro atoms. The molecule has 0 aliphatic rings. The minimum absolute atomic E-state index is 0. The lowest BCUT2D eigenvalue weighted by molar-refractivity contribution is 0.482. The van der Waals surface area contributed by atoms with Gasteiger partial charge in [-0.15, -0.1) is 12.4 Å². The number of nitrogens with one attached hydrogen (secondary N) is 1. The van der Waals surface area contributed by atoms with Crippen LogP contribution in [0.1, 0.15) is 0 Å². The zero-order valence-electron chi connectivity index (χ0n) is 12.8. The van der Waals surface area contributed by atoms with Crippen molar-refractivity contribution in [3.63, 3.8) is 0 Å². The molecule has 4 rings (SSSR count). The van der Waals surface area contributed by atoms with Gasteiger partial charge in [-0.25, -0.2) is 19.3 Å². The van der Waals surface area contributed by atoms with E-state index in [-0.39, 0.29) is 24.2 Å². The summed E-state index contributed by atoms with van der Waals surface area (Å²) in [5.41, 5.74) is 7.72. The summed E-state index contributed by atoms with van der Waals surface area (Å²) < 4.78 is 19.2. The third kappa shape index (κ3) is 3.22. The van der Waals surface area contributed by atoms with E-state index in [9.17, 15) is 4.39 Å². The second kappa shape index (κ2) is 6.74. The van der Waals surface area contributed by atoms with Crippen molar-refractivity contribution in [2.75, 3.05) is 5.73 Å². The second-order valence-corrected chi connectivity index (χ2v) is 5.09. The van der Waals surface area contributed by atoms with Gasteiger partial charge in [-0.05, 0) is 24.3 Å². The van der Waals surface area contributed by atoms with E-state index in [0.717, 1.165) is 10.9 Å². The SMILES string of the molecule is Cl.Nc1nccc(-c2c[nH]c3nccc(Oc4cccc(F)c4)c23)n1. The molecule has 0 unspecified atom stereocenters. The lowest BCUT2D eigenvalue weighted by Gasteiger charge is -2.08. The summed E-state index contributed by atoms with van der Waals surface area (Å²) >= 11 is 0. The van der Waals surface area contributed by atoms with Gasteiger partial charge < -0.3 is 15.5 Å². The first-order valence-corrected chi connectivity index (χ1v) is 7.19. The van der Waals surface area contributed by atoms with Crippen molar-refractivity contribution in [1.82, 2.24) is 19.9 Å². The van der Waals surface area contributed by atoms with Crippen LogP contribution in [0.2, 0.25) is 0 Å². The van der Waals surface area contributed by atoms with Crippen LogP contribution in [-0.4, -0.2) is 19.9 Å². The largest absolute Gasteiger partial charge is 0.456 e. The Morgan fingerprint density at radius 2 is 1.92 bits per heavy atom. The Morgan fingerprint density at radius 1 is 1.08 bits per heavy atom. The quantitative estimate of drug-likeness (QED) is 0.579. The number of hydrogen-bond donors (Lipinski definition) is 2. The standard InChI is InChI=1S/C17H12FN5O.ClH/c18-10-2-1-3-11(8-10)24-14-5-7-20-16-15(14)12(9-22-16)13-4-6-21-17(19)23-13;/h1-9H,(H,20,22)(H2,19,21,23);1H. The Labute approximate surface area is 148 Å². The van der Waals surface area contributed by atoms with Gasteiger partial charge in [0.1, 0.15) is 23.0 Å². The molecule has 25 heavy (non-hydrogen) atoms. The van der Waals surface area contributed by atoms with Crippen molar-refractivity contribution in [3.8, 4) is 22.8 Å². The van der Waals surface area contributed by atoms with Crippen LogP contribution in [0.3, 0.4) is 0 Å². The number of aromatic amines is 1. The van der Waals surface area contributed by atoms with Crippen LogP contribution in [0.15, 0.2) is 55.0 Å². The van der Waals surface area contributed by atoms with Gasteiger partial charge in [0.25, 0.3) is 0 Å². The molecular weight excluding hydrogens is 345 g/mol. The van der Waals surface area contributed by atoms with Crippen molar-refractivity contribution in [1.29, 1.82) is 0 Å². The van der Waals surface area contributed by atoms with Gasteiger partial charge in [0.2, 0.25) is 5.95 Å². The molecule has 3 heterocycles. The highest BCUT2D eigenvalue weighted by atomic mass is 35.5. The molecule has 3 aromatic heterocycles. The van der Waals surface area contributed by atoms with E-state index in [0.29, 0.717) is 22.8 Å². The minimum Gasteiger partial charge on any atom is -0.456 e. The van der Waals surface area contributed by atoms with E-state index >= 15 is 0 Å². The number of H-pyrrole nitrogens is 1. The Morgan fingerprint density at radius 3 is 2.72 bits per heavy atom. The van der Waals surface area contributed by atoms with Crippen LogP contribution in [-0.2, 0) is 0 Å². The molecule has 0 atom stereocenters. The zero-order valence-corrected chi connectivity index (χ0v) is 13.6. The molecule has 0 saturated heterocycles. The average molecular weight is 358 g/mol. The first-order valence-electron chi connectivity index (χ1n) is 7.19. The fraction of sp³-hybridized carbons (Fsp3) is 0. The highest BCUT2D eigenvalue weighted by molar-refractivity contribution is 5.97. The number of nitrogen functional groups attached to an aromatic ring is 1. The predicted molar refractivity (Wildman–Crippen MR) is 95.3 cm³/mol. The van der Waals surface area contributed by atoms with E-state index in [1.165, 1.54) is 12.1 Å². The topological polar surface area (TPSA) is 89.7 Å². The minimum atomic E-state index is -0.365. The molecule has 3 N–H and O–H groups in total. The van der Waals surface area contributed by atoms with Crippen molar-refractivity contribution in [3.05, 3.63) is 60.8 Å². The first kappa shape index (κ1) is 16.7. The highest BCUT2D eigenvalue weighted by Crippen LogP contribution is 2.35. The molecule has 4 aromatic rings. The Hall–Kier alpha value is -3.19. The lowest BCUT2D eigenvalue weighted by atomic mass is 10.1. The Balaban J connectivity index is 0.00000182. The molecule has 0 bridgehead atoms. The molecule has 0 fully saturated rings. The van der Waals surface area contributed by atoms with E-state index in [4.69, 9.17) is 10.5 Å². The van der Waals surface area contributed by atoms with Crippen LogP contribution >= 0.6 is 12.4 Å². The summed E-state index contributed by atoms with van der Waals surface area (Å²) in [7, 11) is 0. The zero-order chi connectivity index (χ0) is 16.5. The number of fused-ring (bicyclic) bond motifs is 1. The van der Waals surface area contributed by atoms with Crippen LogP contribution in [0, 0.1) is 5.82 Å². The molecule has 1 aromatic carbocycles. The summed E-state index contributed by atoms with van der Waals surface area (Å²) in [5.74, 6) is 0.755. The molecule has 8 heteroatoms. The molecule has 0 aliphatic heterocycles. The number of ether oxygens (including phenoxy) is 1. The monoisotopic (exact) mass is 357 g/mol. The fourth-order valence-electron chi connectivity index (χ4n) is 2.49. The maximum atomic E-state index is 13.4. The first-order chi connectivity index (χ1) is 11.7. The van der Waals surface area contributed by atoms with Crippen LogP contribution < -0.4 is 10.5 Å². The summed E-state index contributed by atoms with van der Waals surface area (Å²) in [5, 5.41) is 0.736. The number of rotatable bonds is 3. The number of nitrogens with zero attached hydrogens (tertiary/aromatic N) is 3. The molecule has 0 radical (unpaired) electrons. The van der Waals surface area contributed by atoms with Gasteiger partial charge in [-0.1, -0.05) is 6.07 Å². The average Bonchev–Trinajstić information content (AvgIpc) is 3.00. The maximum absolute atomic E-state index is 13.4. The molecule has 6 nitrogen and oxygen atoms in total. The number of nitrogens with two attached hydrogens (primary N) is 1. The number of benzene rings is 1. The van der Waals surface area contributed by atoms with E-state index in [1.807, 2.05) is 0 Å². The molecule has 0 amide bonds. The number of halogens is 2. The smallest absolute Gasteiger partial charge is 0.220 e. The highest BCUT2D eigenvalue weighted by Gasteiger charge is 2.14. The van der Waals surface area contributed by atoms with Gasteiger partial charge in [0.15, 0.2) is 0 Å². The third-order valence-electron chi connectivity index (χ3n) is 3.51. The van der Waals surface area contributed by atoms with Gasteiger partial charge >= 0.3 is 0 Å². The second-order valence-electron chi connectivity index (χ2n) is 5.09. The number of pyridine rings is 1. The normalized spacial score (nSPS) is 10.4. The van der Waals surface area contributed by atoms with Gasteiger partial charge in [0.05, 0.1) is 11.1 Å². The van der Waals surface area contributed by atoms with Crippen LogP contribution in [0.4, 0.5) is 10.3 Å². The summed E-state index contributed by atoms with van der Waals surface area (Å²) in [6.07, 6.45) is 4.98. The Kier molecular flexibility index (Phi) is 4.49. The molecule has 0 aliphatic carbocycles. The van der Waals surface area contributed by atoms with E-state index in [1.54, 1.807) is 42.9 Å². The molecule has 126 valence electrons. The number of hydrogen-bond acceptors (Lipinski definition) is 5. The third-order valence-corrected chi connectivity index (χ3v) is 3.51. The summed E-state index contributed by atoms with van der Waals surface area (Å²) in [6.45, 7) is 0. The summed E-state index contributed by atoms with van der Waals surface area (Å²) in [6, 6.07) is 9.42. The number of anilines is 1. The van der Waals surface area contributed by atoms with E-state index < -0.39 is 0 Å². The van der Waals surface area contributed by atoms with Gasteiger partial charge in [-0.2, -0.15) is 0 Å².